The lowest BCUT2D eigenvalue weighted by Crippen LogP contribution is -2.15. The molecule has 0 unspecified atom stereocenters. The maximum atomic E-state index is 12.4. The zero-order chi connectivity index (χ0) is 16.7. The van der Waals surface area contributed by atoms with Gasteiger partial charge in [-0.05, 0) is 49.2 Å². The molecular weight excluding hydrogens is 300 g/mol. The standard InChI is InChI=1S/C19H18N4O/c1-3-22-12-16-18(21-23(4-2)19(16)24)15-6-5-14(11-17(15)22)13-7-9-20-10-8-13/h5-12H,3-4H2,1-2H3. The highest BCUT2D eigenvalue weighted by Gasteiger charge is 2.19. The molecule has 0 spiro atoms. The summed E-state index contributed by atoms with van der Waals surface area (Å²) < 4.78 is 3.65. The minimum absolute atomic E-state index is 0.0187. The van der Waals surface area contributed by atoms with Gasteiger partial charge in [0.2, 0.25) is 0 Å². The molecule has 0 saturated carbocycles. The van der Waals surface area contributed by atoms with Crippen LogP contribution in [0.25, 0.3) is 33.3 Å². The van der Waals surface area contributed by atoms with Gasteiger partial charge in [0.25, 0.3) is 5.56 Å². The van der Waals surface area contributed by atoms with Crippen LogP contribution in [0.15, 0.2) is 53.7 Å². The van der Waals surface area contributed by atoms with Crippen molar-refractivity contribution in [1.82, 2.24) is 19.3 Å². The van der Waals surface area contributed by atoms with Crippen LogP contribution in [0.5, 0.6) is 0 Å². The molecule has 1 aromatic carbocycles. The lowest BCUT2D eigenvalue weighted by molar-refractivity contribution is 0.643. The minimum atomic E-state index is -0.0187. The third-order valence-electron chi connectivity index (χ3n) is 4.44. The maximum absolute atomic E-state index is 12.4. The van der Waals surface area contributed by atoms with Gasteiger partial charge in [-0.3, -0.25) is 9.78 Å². The van der Waals surface area contributed by atoms with Gasteiger partial charge < -0.3 is 4.57 Å². The van der Waals surface area contributed by atoms with Crippen LogP contribution in [0.4, 0.5) is 0 Å². The predicted molar refractivity (Wildman–Crippen MR) is 95.2 cm³/mol. The van der Waals surface area contributed by atoms with Gasteiger partial charge >= 0.3 is 0 Å². The Labute approximate surface area is 139 Å². The maximum Gasteiger partial charge on any atom is 0.277 e. The highest BCUT2D eigenvalue weighted by Crippen LogP contribution is 2.31. The molecule has 120 valence electrons. The van der Waals surface area contributed by atoms with E-state index in [9.17, 15) is 4.79 Å². The lowest BCUT2D eigenvalue weighted by atomic mass is 10.0. The molecule has 0 N–H and O–H groups in total. The first kappa shape index (κ1) is 14.6. The quantitative estimate of drug-likeness (QED) is 0.582. The summed E-state index contributed by atoms with van der Waals surface area (Å²) in [5.74, 6) is 0. The van der Waals surface area contributed by atoms with Crippen LogP contribution in [-0.2, 0) is 13.1 Å². The normalized spacial score (nSPS) is 11.4. The Morgan fingerprint density at radius 3 is 2.50 bits per heavy atom. The molecule has 4 rings (SSSR count). The molecule has 0 atom stereocenters. The molecular formula is C19H18N4O. The van der Waals surface area contributed by atoms with E-state index in [0.29, 0.717) is 12.1 Å². The van der Waals surface area contributed by atoms with Crippen molar-refractivity contribution in [2.75, 3.05) is 0 Å². The van der Waals surface area contributed by atoms with Crippen molar-refractivity contribution >= 4 is 10.9 Å². The van der Waals surface area contributed by atoms with E-state index in [0.717, 1.165) is 34.3 Å². The van der Waals surface area contributed by atoms with Crippen molar-refractivity contribution in [3.8, 4) is 22.4 Å². The van der Waals surface area contributed by atoms with Crippen LogP contribution in [0, 0.1) is 0 Å². The molecule has 0 aliphatic carbocycles. The first-order chi connectivity index (χ1) is 11.7. The van der Waals surface area contributed by atoms with Gasteiger partial charge in [0.15, 0.2) is 0 Å². The van der Waals surface area contributed by atoms with E-state index >= 15 is 0 Å². The summed E-state index contributed by atoms with van der Waals surface area (Å²) in [5.41, 5.74) is 4.78. The van der Waals surface area contributed by atoms with E-state index in [2.05, 4.69) is 39.8 Å². The van der Waals surface area contributed by atoms with E-state index < -0.39 is 0 Å². The van der Waals surface area contributed by atoms with E-state index in [1.54, 1.807) is 12.4 Å². The van der Waals surface area contributed by atoms with E-state index in [-0.39, 0.29) is 5.56 Å². The highest BCUT2D eigenvalue weighted by atomic mass is 16.1. The Kier molecular flexibility index (Phi) is 3.41. The van der Waals surface area contributed by atoms with Gasteiger partial charge in [-0.15, -0.1) is 0 Å². The number of fused-ring (bicyclic) bond motifs is 3. The zero-order valence-corrected chi connectivity index (χ0v) is 13.7. The third-order valence-corrected chi connectivity index (χ3v) is 4.44. The number of rotatable bonds is 3. The summed E-state index contributed by atoms with van der Waals surface area (Å²) in [6.45, 7) is 5.39. The van der Waals surface area contributed by atoms with Crippen LogP contribution in [0.3, 0.4) is 0 Å². The number of hydrogen-bond acceptors (Lipinski definition) is 3. The largest absolute Gasteiger partial charge is 0.347 e. The summed E-state index contributed by atoms with van der Waals surface area (Å²) in [4.78, 5) is 16.5. The molecule has 0 fully saturated rings. The minimum Gasteiger partial charge on any atom is -0.347 e. The molecule has 5 nitrogen and oxygen atoms in total. The van der Waals surface area contributed by atoms with Crippen molar-refractivity contribution in [3.05, 3.63) is 59.3 Å². The number of aryl methyl sites for hydroxylation is 2. The molecule has 3 heterocycles. The molecule has 2 aromatic rings. The highest BCUT2D eigenvalue weighted by molar-refractivity contribution is 5.95. The number of benzene rings is 1. The Hall–Kier alpha value is -2.95. The van der Waals surface area contributed by atoms with E-state index in [1.807, 2.05) is 25.3 Å². The van der Waals surface area contributed by atoms with Crippen LogP contribution >= 0.6 is 0 Å². The summed E-state index contributed by atoms with van der Waals surface area (Å²) in [5, 5.41) is 5.53. The third kappa shape index (κ3) is 2.12. The monoisotopic (exact) mass is 318 g/mol. The molecule has 0 saturated heterocycles. The number of hydrogen-bond donors (Lipinski definition) is 0. The molecule has 0 bridgehead atoms. The smallest absolute Gasteiger partial charge is 0.277 e. The molecule has 1 aromatic heterocycles. The molecule has 0 amide bonds. The van der Waals surface area contributed by atoms with E-state index in [1.165, 1.54) is 4.68 Å². The first-order valence-electron chi connectivity index (χ1n) is 8.17. The summed E-state index contributed by atoms with van der Waals surface area (Å²) >= 11 is 0. The molecule has 24 heavy (non-hydrogen) atoms. The van der Waals surface area contributed by atoms with Crippen molar-refractivity contribution < 1.29 is 0 Å². The van der Waals surface area contributed by atoms with Crippen LogP contribution in [0.2, 0.25) is 0 Å². The van der Waals surface area contributed by atoms with Gasteiger partial charge in [0, 0.05) is 37.1 Å². The van der Waals surface area contributed by atoms with Gasteiger partial charge in [-0.2, -0.15) is 5.10 Å². The number of aromatic nitrogens is 4. The molecule has 2 aliphatic heterocycles. The fourth-order valence-corrected chi connectivity index (χ4v) is 3.17. The van der Waals surface area contributed by atoms with Crippen molar-refractivity contribution in [1.29, 1.82) is 0 Å². The van der Waals surface area contributed by atoms with E-state index in [4.69, 9.17) is 0 Å². The van der Waals surface area contributed by atoms with Gasteiger partial charge in [0.05, 0.1) is 11.1 Å². The molecule has 2 aliphatic rings. The second-order valence-electron chi connectivity index (χ2n) is 5.77. The SMILES string of the molecule is CCn1nc2c3ccc(-c4ccncc4)cc3n(CC)cc-2c1=O. The molecule has 0 radical (unpaired) electrons. The zero-order valence-electron chi connectivity index (χ0n) is 13.7. The van der Waals surface area contributed by atoms with Crippen LogP contribution in [-0.4, -0.2) is 19.3 Å². The Morgan fingerprint density at radius 1 is 1.00 bits per heavy atom. The Balaban J connectivity index is 2.05. The fourth-order valence-electron chi connectivity index (χ4n) is 3.17. The van der Waals surface area contributed by atoms with Crippen molar-refractivity contribution in [2.24, 2.45) is 0 Å². The Morgan fingerprint density at radius 2 is 1.79 bits per heavy atom. The van der Waals surface area contributed by atoms with Gasteiger partial charge in [-0.1, -0.05) is 6.07 Å². The summed E-state index contributed by atoms with van der Waals surface area (Å²) in [7, 11) is 0. The van der Waals surface area contributed by atoms with Crippen molar-refractivity contribution in [3.63, 3.8) is 0 Å². The molecule has 5 heteroatoms. The summed E-state index contributed by atoms with van der Waals surface area (Å²) in [6.07, 6.45) is 5.52. The second kappa shape index (κ2) is 5.60. The average molecular weight is 318 g/mol. The second-order valence-corrected chi connectivity index (χ2v) is 5.77. The lowest BCUT2D eigenvalue weighted by Gasteiger charge is -2.13. The van der Waals surface area contributed by atoms with Crippen molar-refractivity contribution in [2.45, 2.75) is 26.9 Å². The average Bonchev–Trinajstić information content (AvgIpc) is 2.97. The summed E-state index contributed by atoms with van der Waals surface area (Å²) in [6, 6.07) is 10.3. The van der Waals surface area contributed by atoms with Gasteiger partial charge in [0.1, 0.15) is 5.69 Å². The van der Waals surface area contributed by atoms with Crippen LogP contribution < -0.4 is 5.56 Å². The predicted octanol–water partition coefficient (Wildman–Crippen LogP) is 3.40. The van der Waals surface area contributed by atoms with Crippen LogP contribution in [0.1, 0.15) is 13.8 Å². The first-order valence-corrected chi connectivity index (χ1v) is 8.17. The number of pyridine rings is 2. The van der Waals surface area contributed by atoms with Gasteiger partial charge in [-0.25, -0.2) is 4.68 Å². The number of nitrogens with zero attached hydrogens (tertiary/aromatic N) is 4. The fraction of sp³-hybridized carbons (Fsp3) is 0.211. The Bertz CT molecular complexity index is 1050. The topological polar surface area (TPSA) is 52.7 Å².